The first-order chi connectivity index (χ1) is 23.9. The Balaban J connectivity index is 1.08. The van der Waals surface area contributed by atoms with Crippen molar-refractivity contribution < 1.29 is 9.53 Å². The minimum Gasteiger partial charge on any atom is -0.378 e. The SMILES string of the molecule is CCC1CN(C2COC2)CCN1c1ccc(Nc2cc(-c3ccnc(-n4ncc5c6c(sc5c4=O)CCCC6)c3C=O)cn(C)c2=O)nc1. The Morgan fingerprint density at radius 1 is 1.06 bits per heavy atom. The molecule has 3 aliphatic rings. The number of rotatable bonds is 8. The maximum Gasteiger partial charge on any atom is 0.290 e. The Hall–Kier alpha value is -4.72. The van der Waals surface area contributed by atoms with Crippen LogP contribution in [0.15, 0.2) is 58.6 Å². The Kier molecular flexibility index (Phi) is 8.34. The van der Waals surface area contributed by atoms with Crippen LogP contribution in [0.25, 0.3) is 27.0 Å². The highest BCUT2D eigenvalue weighted by atomic mass is 32.1. The van der Waals surface area contributed by atoms with Gasteiger partial charge in [0.25, 0.3) is 11.1 Å². The summed E-state index contributed by atoms with van der Waals surface area (Å²) in [5, 5.41) is 8.57. The fourth-order valence-corrected chi connectivity index (χ4v) is 8.64. The zero-order valence-corrected chi connectivity index (χ0v) is 28.4. The highest BCUT2D eigenvalue weighted by Gasteiger charge is 2.33. The molecular weight excluding hydrogens is 641 g/mol. The van der Waals surface area contributed by atoms with Crippen LogP contribution in [0.4, 0.5) is 17.2 Å². The van der Waals surface area contributed by atoms with E-state index in [-0.39, 0.29) is 22.5 Å². The van der Waals surface area contributed by atoms with E-state index in [1.807, 2.05) is 18.3 Å². The van der Waals surface area contributed by atoms with Crippen LogP contribution in [-0.2, 0) is 24.6 Å². The predicted octanol–water partition coefficient (Wildman–Crippen LogP) is 4.34. The molecule has 1 atom stereocenters. The first-order valence-electron chi connectivity index (χ1n) is 16.9. The molecule has 252 valence electrons. The number of fused-ring (bicyclic) bond motifs is 3. The maximum atomic E-state index is 13.7. The fourth-order valence-electron chi connectivity index (χ4n) is 7.35. The van der Waals surface area contributed by atoms with Crippen LogP contribution in [0.1, 0.15) is 47.0 Å². The van der Waals surface area contributed by atoms with Gasteiger partial charge in [0.05, 0.1) is 42.9 Å². The van der Waals surface area contributed by atoms with Crippen LogP contribution >= 0.6 is 11.3 Å². The number of carbonyl (C=O) groups excluding carboxylic acids is 1. The van der Waals surface area contributed by atoms with Crippen LogP contribution in [0.2, 0.25) is 0 Å². The van der Waals surface area contributed by atoms with Crippen LogP contribution in [0, 0.1) is 0 Å². The van der Waals surface area contributed by atoms with E-state index in [2.05, 4.69) is 37.1 Å². The second-order valence-corrected chi connectivity index (χ2v) is 14.2. The third-order valence-electron chi connectivity index (χ3n) is 10.1. The van der Waals surface area contributed by atoms with Crippen molar-refractivity contribution in [2.24, 2.45) is 7.05 Å². The van der Waals surface area contributed by atoms with Gasteiger partial charge in [-0.3, -0.25) is 19.3 Å². The van der Waals surface area contributed by atoms with E-state index >= 15 is 0 Å². The minimum atomic E-state index is -0.290. The van der Waals surface area contributed by atoms with Crippen molar-refractivity contribution in [2.45, 2.75) is 51.1 Å². The van der Waals surface area contributed by atoms with Gasteiger partial charge in [-0.1, -0.05) is 6.92 Å². The van der Waals surface area contributed by atoms with Gasteiger partial charge in [-0.2, -0.15) is 9.78 Å². The summed E-state index contributed by atoms with van der Waals surface area (Å²) >= 11 is 1.52. The average Bonchev–Trinajstić information content (AvgIpc) is 3.49. The summed E-state index contributed by atoms with van der Waals surface area (Å²) in [6.45, 7) is 6.77. The predicted molar refractivity (Wildman–Crippen MR) is 191 cm³/mol. The van der Waals surface area contributed by atoms with Crippen LogP contribution in [0.3, 0.4) is 0 Å². The number of anilines is 3. The quantitative estimate of drug-likeness (QED) is 0.237. The molecule has 0 saturated carbocycles. The van der Waals surface area contributed by atoms with Gasteiger partial charge in [-0.25, -0.2) is 9.97 Å². The summed E-state index contributed by atoms with van der Waals surface area (Å²) in [5.41, 5.74) is 3.38. The van der Waals surface area contributed by atoms with Crippen molar-refractivity contribution in [1.82, 2.24) is 29.2 Å². The van der Waals surface area contributed by atoms with Crippen molar-refractivity contribution in [3.05, 3.63) is 85.8 Å². The number of nitrogens with zero attached hydrogens (tertiary/aromatic N) is 7. The number of aryl methyl sites for hydroxylation is 3. The normalized spacial score (nSPS) is 18.3. The largest absolute Gasteiger partial charge is 0.378 e. The number of piperazine rings is 1. The molecule has 1 N–H and O–H groups in total. The molecular formula is C36H38N8O4S. The summed E-state index contributed by atoms with van der Waals surface area (Å²) < 4.78 is 8.73. The summed E-state index contributed by atoms with van der Waals surface area (Å²) in [5.74, 6) is 0.684. The average molecular weight is 679 g/mol. The third kappa shape index (κ3) is 5.65. The second-order valence-electron chi connectivity index (χ2n) is 13.1. The highest BCUT2D eigenvalue weighted by molar-refractivity contribution is 7.19. The smallest absolute Gasteiger partial charge is 0.290 e. The van der Waals surface area contributed by atoms with E-state index in [0.29, 0.717) is 45.7 Å². The number of thiophene rings is 1. The number of hydrogen-bond acceptors (Lipinski definition) is 11. The Morgan fingerprint density at radius 2 is 1.92 bits per heavy atom. The van der Waals surface area contributed by atoms with Gasteiger partial charge >= 0.3 is 0 Å². The Labute approximate surface area is 287 Å². The lowest BCUT2D eigenvalue weighted by Gasteiger charge is -2.47. The molecule has 0 aromatic carbocycles. The lowest BCUT2D eigenvalue weighted by Crippen LogP contribution is -2.60. The lowest BCUT2D eigenvalue weighted by atomic mass is 9.97. The number of carbonyl (C=O) groups is 1. The molecule has 12 nitrogen and oxygen atoms in total. The molecule has 7 heterocycles. The van der Waals surface area contributed by atoms with Gasteiger partial charge < -0.3 is 19.5 Å². The maximum absolute atomic E-state index is 13.7. The summed E-state index contributed by atoms with van der Waals surface area (Å²) in [7, 11) is 1.66. The zero-order chi connectivity index (χ0) is 33.6. The number of hydrogen-bond donors (Lipinski definition) is 1. The standard InChI is InChI=1S/C36H38N8O4S/c1-3-23-18-42(25-20-48-21-25)12-13-43(23)24-8-9-32(38-15-24)40-30-14-22(17-41(2)35(30)46)26-10-11-37-34(29(26)19-45)44-36(47)33-28(16-39-44)27-6-4-5-7-31(27)49-33/h8-11,14-17,19,23,25H,3-7,12-13,18,20-21H2,1-2H3,(H,38,40). The van der Waals surface area contributed by atoms with Crippen molar-refractivity contribution in [2.75, 3.05) is 43.1 Å². The molecule has 2 aliphatic heterocycles. The van der Waals surface area contributed by atoms with Gasteiger partial charge in [-0.15, -0.1) is 11.3 Å². The second kappa shape index (κ2) is 13.0. The van der Waals surface area contributed by atoms with Crippen molar-refractivity contribution in [3.8, 4) is 16.9 Å². The van der Waals surface area contributed by atoms with Gasteiger partial charge in [0.1, 0.15) is 16.2 Å². The van der Waals surface area contributed by atoms with E-state index in [0.717, 1.165) is 76.0 Å². The van der Waals surface area contributed by atoms with Gasteiger partial charge in [-0.05, 0) is 67.5 Å². The zero-order valence-electron chi connectivity index (χ0n) is 27.6. The molecule has 0 bridgehead atoms. The molecule has 49 heavy (non-hydrogen) atoms. The van der Waals surface area contributed by atoms with Crippen LogP contribution < -0.4 is 21.3 Å². The van der Waals surface area contributed by atoms with Crippen molar-refractivity contribution >= 4 is 44.9 Å². The summed E-state index contributed by atoms with van der Waals surface area (Å²) in [6.07, 6.45) is 12.7. The Bertz CT molecular complexity index is 2170. The molecule has 0 radical (unpaired) electrons. The van der Waals surface area contributed by atoms with Crippen LogP contribution in [0.5, 0.6) is 0 Å². The van der Waals surface area contributed by atoms with Gasteiger partial charge in [0, 0.05) is 60.9 Å². The molecule has 13 heteroatoms. The molecule has 1 unspecified atom stereocenters. The highest BCUT2D eigenvalue weighted by Crippen LogP contribution is 2.35. The molecule has 2 fully saturated rings. The monoisotopic (exact) mass is 678 g/mol. The Morgan fingerprint density at radius 3 is 2.67 bits per heavy atom. The van der Waals surface area contributed by atoms with E-state index in [1.54, 1.807) is 37.8 Å². The first kappa shape index (κ1) is 31.5. The molecule has 5 aromatic rings. The number of nitrogens with one attached hydrogen (secondary N) is 1. The first-order valence-corrected chi connectivity index (χ1v) is 17.7. The number of pyridine rings is 3. The van der Waals surface area contributed by atoms with Crippen LogP contribution in [-0.4, -0.2) is 80.4 Å². The minimum absolute atomic E-state index is 0.152. The number of ether oxygens (including phenoxy) is 1. The molecule has 2 saturated heterocycles. The van der Waals surface area contributed by atoms with E-state index in [1.165, 1.54) is 31.0 Å². The lowest BCUT2D eigenvalue weighted by molar-refractivity contribution is -0.0698. The third-order valence-corrected chi connectivity index (χ3v) is 11.4. The molecule has 1 aliphatic carbocycles. The van der Waals surface area contributed by atoms with E-state index in [9.17, 15) is 14.4 Å². The fraction of sp³-hybridized carbons (Fsp3) is 0.389. The molecule has 0 amide bonds. The topological polar surface area (TPSA) is 127 Å². The van der Waals surface area contributed by atoms with E-state index in [4.69, 9.17) is 4.74 Å². The van der Waals surface area contributed by atoms with Gasteiger partial charge in [0.15, 0.2) is 12.1 Å². The number of aromatic nitrogens is 5. The van der Waals surface area contributed by atoms with E-state index < -0.39 is 0 Å². The molecule has 8 rings (SSSR count). The number of aldehydes is 1. The summed E-state index contributed by atoms with van der Waals surface area (Å²) in [4.78, 5) is 54.9. The molecule has 0 spiro atoms. The van der Waals surface area contributed by atoms with Gasteiger partial charge in [0.2, 0.25) is 0 Å². The van der Waals surface area contributed by atoms with Crippen molar-refractivity contribution in [3.63, 3.8) is 0 Å². The summed E-state index contributed by atoms with van der Waals surface area (Å²) in [6, 6.07) is 8.26. The molecule has 5 aromatic heterocycles. The van der Waals surface area contributed by atoms with Crippen molar-refractivity contribution in [1.29, 1.82) is 0 Å².